The fourth-order valence-electron chi connectivity index (χ4n) is 2.65. The maximum Gasteiger partial charge on any atom is 0.255 e. The van der Waals surface area contributed by atoms with Gasteiger partial charge in [0.1, 0.15) is 24.7 Å². The van der Waals surface area contributed by atoms with Crippen molar-refractivity contribution in [3.05, 3.63) is 90.0 Å². The van der Waals surface area contributed by atoms with Gasteiger partial charge in [-0.05, 0) is 35.9 Å². The number of ether oxygens (including phenoxy) is 2. The number of nitrogens with one attached hydrogen (secondary N) is 1. The van der Waals surface area contributed by atoms with Crippen LogP contribution in [0.15, 0.2) is 78.9 Å². The number of hydrogen-bond acceptors (Lipinski definition) is 5. The van der Waals surface area contributed by atoms with Crippen LogP contribution >= 0.6 is 0 Å². The molecule has 0 aliphatic rings. The molecule has 1 N–H and O–H groups in total. The highest BCUT2D eigenvalue weighted by molar-refractivity contribution is 7.90. The summed E-state index contributed by atoms with van der Waals surface area (Å²) in [5, 5.41) is 2.81. The first-order chi connectivity index (χ1) is 14.4. The molecule has 0 atom stereocenters. The lowest BCUT2D eigenvalue weighted by atomic mass is 10.2. The molecule has 7 heteroatoms. The van der Waals surface area contributed by atoms with Crippen molar-refractivity contribution < 1.29 is 22.7 Å². The van der Waals surface area contributed by atoms with Gasteiger partial charge in [-0.15, -0.1) is 0 Å². The monoisotopic (exact) mass is 425 g/mol. The van der Waals surface area contributed by atoms with Gasteiger partial charge in [0.2, 0.25) is 0 Å². The summed E-state index contributed by atoms with van der Waals surface area (Å²) < 4.78 is 33.6. The van der Waals surface area contributed by atoms with Crippen molar-refractivity contribution in [2.75, 3.05) is 23.9 Å². The second kappa shape index (κ2) is 9.93. The van der Waals surface area contributed by atoms with E-state index in [2.05, 4.69) is 5.32 Å². The van der Waals surface area contributed by atoms with Crippen LogP contribution in [0.3, 0.4) is 0 Å². The van der Waals surface area contributed by atoms with Crippen molar-refractivity contribution in [1.82, 2.24) is 0 Å². The van der Waals surface area contributed by atoms with Crippen LogP contribution in [0.2, 0.25) is 0 Å². The van der Waals surface area contributed by atoms with Crippen molar-refractivity contribution in [2.24, 2.45) is 0 Å². The number of benzene rings is 3. The van der Waals surface area contributed by atoms with Crippen LogP contribution in [0.25, 0.3) is 0 Å². The van der Waals surface area contributed by atoms with E-state index >= 15 is 0 Å². The standard InChI is InChI=1S/C23H23NO5S/c1-30(26,27)14-13-28-22-12-6-10-20(16-22)24-23(25)19-9-5-11-21(15-19)29-17-18-7-3-2-4-8-18/h2-12,15-16H,13-14,17H2,1H3,(H,24,25). The van der Waals surface area contributed by atoms with Gasteiger partial charge >= 0.3 is 0 Å². The normalized spacial score (nSPS) is 11.0. The minimum absolute atomic E-state index is 0.0526. The third kappa shape index (κ3) is 6.93. The SMILES string of the molecule is CS(=O)(=O)CCOc1cccc(NC(=O)c2cccc(OCc3ccccc3)c2)c1. The lowest BCUT2D eigenvalue weighted by molar-refractivity contribution is 0.102. The van der Waals surface area contributed by atoms with E-state index in [0.717, 1.165) is 11.8 Å². The highest BCUT2D eigenvalue weighted by Gasteiger charge is 2.09. The largest absolute Gasteiger partial charge is 0.492 e. The molecule has 0 fully saturated rings. The Morgan fingerprint density at radius 1 is 0.867 bits per heavy atom. The molecular weight excluding hydrogens is 402 g/mol. The quantitative estimate of drug-likeness (QED) is 0.562. The first-order valence-corrected chi connectivity index (χ1v) is 11.4. The molecule has 0 aliphatic carbocycles. The van der Waals surface area contributed by atoms with Crippen LogP contribution < -0.4 is 14.8 Å². The van der Waals surface area contributed by atoms with Crippen LogP contribution in [0.4, 0.5) is 5.69 Å². The smallest absolute Gasteiger partial charge is 0.255 e. The van der Waals surface area contributed by atoms with Crippen LogP contribution in [0, 0.1) is 0 Å². The summed E-state index contributed by atoms with van der Waals surface area (Å²) >= 11 is 0. The van der Waals surface area contributed by atoms with Gasteiger partial charge < -0.3 is 14.8 Å². The maximum absolute atomic E-state index is 12.6. The van der Waals surface area contributed by atoms with E-state index in [1.807, 2.05) is 30.3 Å². The van der Waals surface area contributed by atoms with Gasteiger partial charge in [0, 0.05) is 23.6 Å². The van der Waals surface area contributed by atoms with Crippen LogP contribution in [0.1, 0.15) is 15.9 Å². The molecule has 0 unspecified atom stereocenters. The number of anilines is 1. The molecule has 156 valence electrons. The number of carbonyl (C=O) groups is 1. The van der Waals surface area contributed by atoms with Crippen molar-refractivity contribution in [3.63, 3.8) is 0 Å². The maximum atomic E-state index is 12.6. The molecule has 1 amide bonds. The van der Waals surface area contributed by atoms with Gasteiger partial charge in [-0.25, -0.2) is 8.42 Å². The highest BCUT2D eigenvalue weighted by Crippen LogP contribution is 2.20. The fraction of sp³-hybridized carbons (Fsp3) is 0.174. The molecule has 0 bridgehead atoms. The van der Waals surface area contributed by atoms with Crippen molar-refractivity contribution in [2.45, 2.75) is 6.61 Å². The van der Waals surface area contributed by atoms with E-state index in [-0.39, 0.29) is 18.3 Å². The number of rotatable bonds is 9. The predicted octanol–water partition coefficient (Wildman–Crippen LogP) is 3.94. The Hall–Kier alpha value is -3.32. The van der Waals surface area contributed by atoms with E-state index in [4.69, 9.17) is 9.47 Å². The average Bonchev–Trinajstić information content (AvgIpc) is 2.73. The second-order valence-corrected chi connectivity index (χ2v) is 9.02. The Bertz CT molecular complexity index is 1100. The first kappa shape index (κ1) is 21.4. The molecule has 0 heterocycles. The minimum atomic E-state index is -3.09. The zero-order chi connectivity index (χ0) is 21.4. The van der Waals surface area contributed by atoms with Gasteiger partial charge in [0.25, 0.3) is 5.91 Å². The number of hydrogen-bond donors (Lipinski definition) is 1. The van der Waals surface area contributed by atoms with E-state index < -0.39 is 9.84 Å². The lowest BCUT2D eigenvalue weighted by Gasteiger charge is -2.10. The molecule has 0 aromatic heterocycles. The topological polar surface area (TPSA) is 81.7 Å². The number of sulfone groups is 1. The van der Waals surface area contributed by atoms with Crippen LogP contribution in [0.5, 0.6) is 11.5 Å². The van der Waals surface area contributed by atoms with E-state index in [1.165, 1.54) is 0 Å². The second-order valence-electron chi connectivity index (χ2n) is 6.76. The summed E-state index contributed by atoms with van der Waals surface area (Å²) in [7, 11) is -3.09. The Labute approximate surface area is 176 Å². The summed E-state index contributed by atoms with van der Waals surface area (Å²) in [4.78, 5) is 12.6. The molecule has 3 rings (SSSR count). The van der Waals surface area contributed by atoms with Gasteiger partial charge in [-0.2, -0.15) is 0 Å². The van der Waals surface area contributed by atoms with Crippen molar-refractivity contribution in [3.8, 4) is 11.5 Å². The zero-order valence-corrected chi connectivity index (χ0v) is 17.4. The number of amides is 1. The van der Waals surface area contributed by atoms with Gasteiger partial charge in [0.15, 0.2) is 9.84 Å². The van der Waals surface area contributed by atoms with E-state index in [0.29, 0.717) is 29.4 Å². The molecule has 30 heavy (non-hydrogen) atoms. The van der Waals surface area contributed by atoms with Crippen LogP contribution in [-0.4, -0.2) is 32.9 Å². The summed E-state index contributed by atoms with van der Waals surface area (Å²) in [6, 6.07) is 23.6. The van der Waals surface area contributed by atoms with Crippen molar-refractivity contribution in [1.29, 1.82) is 0 Å². The lowest BCUT2D eigenvalue weighted by Crippen LogP contribution is -2.13. The molecule has 0 spiro atoms. The van der Waals surface area contributed by atoms with Gasteiger partial charge in [-0.1, -0.05) is 42.5 Å². The molecule has 3 aromatic rings. The summed E-state index contributed by atoms with van der Waals surface area (Å²) in [6.07, 6.45) is 1.16. The van der Waals surface area contributed by atoms with Gasteiger partial charge in [0.05, 0.1) is 5.75 Å². The Morgan fingerprint density at radius 2 is 1.57 bits per heavy atom. The van der Waals surface area contributed by atoms with Gasteiger partial charge in [-0.3, -0.25) is 4.79 Å². The van der Waals surface area contributed by atoms with E-state index in [9.17, 15) is 13.2 Å². The zero-order valence-electron chi connectivity index (χ0n) is 16.6. The van der Waals surface area contributed by atoms with Crippen molar-refractivity contribution >= 4 is 21.4 Å². The van der Waals surface area contributed by atoms with Crippen LogP contribution in [-0.2, 0) is 16.4 Å². The molecule has 0 aliphatic heterocycles. The third-order valence-electron chi connectivity index (χ3n) is 4.16. The van der Waals surface area contributed by atoms with E-state index in [1.54, 1.807) is 48.5 Å². The molecule has 6 nitrogen and oxygen atoms in total. The Kier molecular flexibility index (Phi) is 7.08. The minimum Gasteiger partial charge on any atom is -0.492 e. The Morgan fingerprint density at radius 3 is 2.30 bits per heavy atom. The first-order valence-electron chi connectivity index (χ1n) is 9.38. The molecular formula is C23H23NO5S. The number of carbonyl (C=O) groups excluding carboxylic acids is 1. The predicted molar refractivity (Wildman–Crippen MR) is 117 cm³/mol. The highest BCUT2D eigenvalue weighted by atomic mass is 32.2. The summed E-state index contributed by atoms with van der Waals surface area (Å²) in [5.41, 5.74) is 2.05. The molecule has 3 aromatic carbocycles. The molecule has 0 saturated carbocycles. The fourth-order valence-corrected chi connectivity index (χ4v) is 3.03. The summed E-state index contributed by atoms with van der Waals surface area (Å²) in [5.74, 6) is 0.730. The Balaban J connectivity index is 1.60. The average molecular weight is 426 g/mol. The third-order valence-corrected chi connectivity index (χ3v) is 5.07. The molecule has 0 saturated heterocycles. The summed E-state index contributed by atoms with van der Waals surface area (Å²) in [6.45, 7) is 0.468. The molecule has 0 radical (unpaired) electrons.